The smallest absolute Gasteiger partial charge is 0.0541 e. The van der Waals surface area contributed by atoms with Crippen molar-refractivity contribution in [2.45, 2.75) is 13.8 Å². The minimum atomic E-state index is 1.08. The maximum atomic E-state index is 2.45. The second-order valence-corrected chi connectivity index (χ2v) is 21.6. The van der Waals surface area contributed by atoms with Crippen LogP contribution in [0.5, 0.6) is 0 Å². The lowest BCUT2D eigenvalue weighted by molar-refractivity contribution is 1.17. The minimum absolute atomic E-state index is 1.08. The highest BCUT2D eigenvalue weighted by Gasteiger charge is 2.23. The van der Waals surface area contributed by atoms with Gasteiger partial charge in [-0.15, -0.1) is 0 Å². The van der Waals surface area contributed by atoms with Gasteiger partial charge in [0.2, 0.25) is 0 Å². The summed E-state index contributed by atoms with van der Waals surface area (Å²) in [5, 5.41) is 9.94. The third kappa shape index (κ3) is 8.27. The Labute approximate surface area is 478 Å². The molecule has 0 radical (unpaired) electrons. The zero-order valence-electron chi connectivity index (χ0n) is 45.8. The lowest BCUT2D eigenvalue weighted by Crippen LogP contribution is -2.12. The summed E-state index contributed by atoms with van der Waals surface area (Å²) >= 11 is 0. The van der Waals surface area contributed by atoms with Gasteiger partial charge in [-0.25, -0.2) is 0 Å². The molecule has 82 heavy (non-hydrogen) atoms. The van der Waals surface area contributed by atoms with E-state index in [1.54, 1.807) is 0 Å². The molecule has 1 aromatic heterocycles. The zero-order chi connectivity index (χ0) is 54.7. The molecule has 0 fully saturated rings. The summed E-state index contributed by atoms with van der Waals surface area (Å²) in [4.78, 5) is 2.43. The quantitative estimate of drug-likeness (QED) is 0.124. The van der Waals surface area contributed by atoms with Gasteiger partial charge >= 0.3 is 0 Å². The van der Waals surface area contributed by atoms with Crippen LogP contribution in [0.2, 0.25) is 0 Å². The van der Waals surface area contributed by atoms with E-state index in [-0.39, 0.29) is 0 Å². The molecule has 0 N–H and O–H groups in total. The fourth-order valence-electron chi connectivity index (χ4n) is 13.1. The summed E-state index contributed by atoms with van der Waals surface area (Å²) in [6, 6.07) is 111. The summed E-state index contributed by atoms with van der Waals surface area (Å²) in [5.41, 5.74) is 23.8. The Morgan fingerprint density at radius 1 is 0.256 bits per heavy atom. The van der Waals surface area contributed by atoms with Gasteiger partial charge in [0.05, 0.1) is 11.0 Å². The molecule has 0 aliphatic rings. The Balaban J connectivity index is 0.869. The molecule has 0 amide bonds. The van der Waals surface area contributed by atoms with Gasteiger partial charge < -0.3 is 9.47 Å². The van der Waals surface area contributed by atoms with Crippen molar-refractivity contribution in [3.63, 3.8) is 0 Å². The lowest BCUT2D eigenvalue weighted by atomic mass is 9.83. The number of fused-ring (bicyclic) bond motifs is 6. The first-order valence-corrected chi connectivity index (χ1v) is 28.4. The largest absolute Gasteiger partial charge is 0.310 e. The van der Waals surface area contributed by atoms with E-state index in [0.717, 1.165) is 33.8 Å². The predicted octanol–water partition coefficient (Wildman–Crippen LogP) is 22.3. The maximum Gasteiger partial charge on any atom is 0.0541 e. The van der Waals surface area contributed by atoms with Crippen LogP contribution in [0.4, 0.5) is 17.1 Å². The van der Waals surface area contributed by atoms with Crippen molar-refractivity contribution in [3.05, 3.63) is 314 Å². The zero-order valence-corrected chi connectivity index (χ0v) is 45.8. The fourth-order valence-corrected chi connectivity index (χ4v) is 13.1. The molecule has 1 heterocycles. The molecule has 0 saturated heterocycles. The highest BCUT2D eigenvalue weighted by molar-refractivity contribution is 6.24. The molecular weight excluding hydrogens is 989 g/mol. The molecule has 14 aromatic carbocycles. The average molecular weight is 1050 g/mol. The molecule has 0 unspecified atom stereocenters. The SMILES string of the molecule is Cc1cc(N(c2ccccc2)c2ccc(-n3c4ccc(-c5ccccc5-c5ccccc5)cc4c4cc(-c5ccccc5-c5ccccc5)ccc43)cc2)c(C)cc1-c1c2ccccc2c(-c2cccc3ccccc23)c2ccccc12. The third-order valence-corrected chi connectivity index (χ3v) is 16.8. The van der Waals surface area contributed by atoms with Crippen molar-refractivity contribution in [2.75, 3.05) is 4.90 Å². The number of rotatable bonds is 10. The van der Waals surface area contributed by atoms with E-state index in [2.05, 4.69) is 327 Å². The lowest BCUT2D eigenvalue weighted by Gasteiger charge is -2.29. The van der Waals surface area contributed by atoms with Crippen LogP contribution in [-0.4, -0.2) is 4.57 Å². The van der Waals surface area contributed by atoms with Crippen LogP contribution in [0.15, 0.2) is 303 Å². The van der Waals surface area contributed by atoms with Crippen LogP contribution in [-0.2, 0) is 0 Å². The number of aryl methyl sites for hydroxylation is 2. The van der Waals surface area contributed by atoms with Gasteiger partial charge in [0.25, 0.3) is 0 Å². The standard InChI is InChI=1S/C80H56N2/c1-53-50-78(54(2)49-73(53)80-71-38-20-18-36-69(71)79(70-37-19-21-39-72(70)80)68-40-22-28-57-27-12-13-33-65(57)68)81(60-29-10-5-11-30-60)61-43-45-62(46-44-61)82-76-47-41-58(66-34-16-14-31-63(66)55-23-6-3-7-24-55)51-74(76)75-52-59(42-48-77(75)82)67-35-17-15-32-64(67)56-25-8-4-9-26-56/h3-52H,1-2H3. The van der Waals surface area contributed by atoms with Crippen LogP contribution in [0.1, 0.15) is 11.1 Å². The third-order valence-electron chi connectivity index (χ3n) is 16.8. The van der Waals surface area contributed by atoms with Crippen LogP contribution < -0.4 is 4.90 Å². The Bertz CT molecular complexity index is 4720. The van der Waals surface area contributed by atoms with E-state index in [0.29, 0.717) is 0 Å². The van der Waals surface area contributed by atoms with Crippen LogP contribution in [0.25, 0.3) is 127 Å². The van der Waals surface area contributed by atoms with Gasteiger partial charge in [0, 0.05) is 33.5 Å². The second kappa shape index (κ2) is 20.3. The minimum Gasteiger partial charge on any atom is -0.310 e. The molecular formula is C80H56N2. The molecule has 0 aliphatic carbocycles. The molecule has 0 bridgehead atoms. The highest BCUT2D eigenvalue weighted by atomic mass is 15.1. The molecule has 0 saturated carbocycles. The Morgan fingerprint density at radius 2 is 0.659 bits per heavy atom. The van der Waals surface area contributed by atoms with E-state index < -0.39 is 0 Å². The summed E-state index contributed by atoms with van der Waals surface area (Å²) < 4.78 is 2.45. The summed E-state index contributed by atoms with van der Waals surface area (Å²) in [5.74, 6) is 0. The highest BCUT2D eigenvalue weighted by Crippen LogP contribution is 2.49. The van der Waals surface area contributed by atoms with Crippen molar-refractivity contribution < 1.29 is 0 Å². The molecule has 2 nitrogen and oxygen atoms in total. The molecule has 0 atom stereocenters. The fraction of sp³-hybridized carbons (Fsp3) is 0.0250. The van der Waals surface area contributed by atoms with Crippen LogP contribution >= 0.6 is 0 Å². The van der Waals surface area contributed by atoms with E-state index in [4.69, 9.17) is 0 Å². The first kappa shape index (κ1) is 48.6. The van der Waals surface area contributed by atoms with Gasteiger partial charge in [0.15, 0.2) is 0 Å². The van der Waals surface area contributed by atoms with Crippen molar-refractivity contribution in [1.82, 2.24) is 4.57 Å². The summed E-state index contributed by atoms with van der Waals surface area (Å²) in [6.45, 7) is 4.56. The monoisotopic (exact) mass is 1040 g/mol. The topological polar surface area (TPSA) is 8.17 Å². The van der Waals surface area contributed by atoms with Gasteiger partial charge in [-0.3, -0.25) is 0 Å². The number of para-hydroxylation sites is 1. The van der Waals surface area contributed by atoms with Crippen molar-refractivity contribution in [3.8, 4) is 72.4 Å². The second-order valence-electron chi connectivity index (χ2n) is 21.6. The Hall–Kier alpha value is -10.5. The van der Waals surface area contributed by atoms with Gasteiger partial charge in [-0.1, -0.05) is 231 Å². The van der Waals surface area contributed by atoms with E-state index in [1.807, 2.05) is 0 Å². The maximum absolute atomic E-state index is 2.45. The number of benzene rings is 14. The summed E-state index contributed by atoms with van der Waals surface area (Å²) in [6.07, 6.45) is 0. The van der Waals surface area contributed by atoms with Gasteiger partial charge in [0.1, 0.15) is 0 Å². The number of nitrogens with zero attached hydrogens (tertiary/aromatic N) is 2. The molecule has 386 valence electrons. The molecule has 15 rings (SSSR count). The van der Waals surface area contributed by atoms with Crippen molar-refractivity contribution in [2.24, 2.45) is 0 Å². The van der Waals surface area contributed by atoms with Gasteiger partial charge in [-0.05, 0) is 197 Å². The predicted molar refractivity (Wildman–Crippen MR) is 350 cm³/mol. The van der Waals surface area contributed by atoms with Crippen molar-refractivity contribution in [1.29, 1.82) is 0 Å². The van der Waals surface area contributed by atoms with Gasteiger partial charge in [-0.2, -0.15) is 0 Å². The normalized spacial score (nSPS) is 11.5. The number of anilines is 3. The molecule has 0 aliphatic heterocycles. The molecule has 0 spiro atoms. The Kier molecular flexibility index (Phi) is 12.0. The van der Waals surface area contributed by atoms with Crippen LogP contribution in [0, 0.1) is 13.8 Å². The average Bonchev–Trinajstić information content (AvgIpc) is 3.52. The van der Waals surface area contributed by atoms with E-state index in [9.17, 15) is 0 Å². The number of hydrogen-bond acceptors (Lipinski definition) is 1. The first-order valence-electron chi connectivity index (χ1n) is 28.4. The van der Waals surface area contributed by atoms with E-state index >= 15 is 0 Å². The molecule has 2 heteroatoms. The van der Waals surface area contributed by atoms with Crippen LogP contribution in [0.3, 0.4) is 0 Å². The molecule has 15 aromatic rings. The first-order chi connectivity index (χ1) is 40.5. The Morgan fingerprint density at radius 3 is 1.18 bits per heavy atom. The number of aromatic nitrogens is 1. The van der Waals surface area contributed by atoms with Crippen molar-refractivity contribution >= 4 is 71.2 Å². The summed E-state index contributed by atoms with van der Waals surface area (Å²) in [7, 11) is 0. The van der Waals surface area contributed by atoms with E-state index in [1.165, 1.54) is 121 Å². The number of hydrogen-bond donors (Lipinski definition) is 0.